The monoisotopic (exact) mass is 762 g/mol. The average Bonchev–Trinajstić information content (AvgIpc) is 3.73. The van der Waals surface area contributed by atoms with Crippen molar-refractivity contribution in [2.75, 3.05) is 27.3 Å². The second kappa shape index (κ2) is 15.6. The number of aryl methyl sites for hydroxylation is 1. The topological polar surface area (TPSA) is 103 Å². The number of pyridine rings is 2. The van der Waals surface area contributed by atoms with Crippen LogP contribution in [-0.2, 0) is 29.2 Å². The molecule has 1 aliphatic carbocycles. The molecular formula is C40H41Cl3N4O5. The highest BCUT2D eigenvalue weighted by Gasteiger charge is 2.47. The number of rotatable bonds is 13. The number of halogens is 3. The van der Waals surface area contributed by atoms with Crippen molar-refractivity contribution in [2.24, 2.45) is 5.41 Å². The molecule has 272 valence electrons. The van der Waals surface area contributed by atoms with E-state index in [9.17, 15) is 9.59 Å². The third-order valence-electron chi connectivity index (χ3n) is 10.4. The predicted octanol–water partition coefficient (Wildman–Crippen LogP) is 8.52. The zero-order valence-corrected chi connectivity index (χ0v) is 31.5. The first-order valence-corrected chi connectivity index (χ1v) is 18.8. The minimum Gasteiger partial charge on any atom is -0.481 e. The van der Waals surface area contributed by atoms with Crippen LogP contribution in [0.2, 0.25) is 15.1 Å². The number of ether oxygens (including phenoxy) is 3. The molecule has 52 heavy (non-hydrogen) atoms. The largest absolute Gasteiger partial charge is 0.481 e. The molecule has 0 unspecified atom stereocenters. The van der Waals surface area contributed by atoms with Crippen LogP contribution in [0.25, 0.3) is 22.4 Å². The Morgan fingerprint density at radius 3 is 2.29 bits per heavy atom. The second-order valence-electron chi connectivity index (χ2n) is 14.1. The molecule has 2 aliphatic heterocycles. The lowest BCUT2D eigenvalue weighted by Gasteiger charge is -2.48. The summed E-state index contributed by atoms with van der Waals surface area (Å²) in [5, 5.41) is 4.40. The van der Waals surface area contributed by atoms with Crippen molar-refractivity contribution in [3.05, 3.63) is 86.4 Å². The van der Waals surface area contributed by atoms with Gasteiger partial charge in [-0.05, 0) is 44.2 Å². The smallest absolute Gasteiger partial charge is 0.236 e. The van der Waals surface area contributed by atoms with E-state index in [1.54, 1.807) is 14.2 Å². The zero-order chi connectivity index (χ0) is 36.4. The van der Waals surface area contributed by atoms with Crippen molar-refractivity contribution < 1.29 is 23.8 Å². The zero-order valence-electron chi connectivity index (χ0n) is 29.3. The molecule has 1 amide bonds. The van der Waals surface area contributed by atoms with Crippen LogP contribution >= 0.6 is 34.8 Å². The quantitative estimate of drug-likeness (QED) is 0.145. The van der Waals surface area contributed by atoms with Gasteiger partial charge in [-0.15, -0.1) is 0 Å². The number of Topliss-reactive ketones (excluding diaryl/α,β-unsaturated/α-hetero) is 1. The summed E-state index contributed by atoms with van der Waals surface area (Å²) in [6.45, 7) is 2.69. The highest BCUT2D eigenvalue weighted by Crippen LogP contribution is 2.45. The van der Waals surface area contributed by atoms with E-state index < -0.39 is 0 Å². The van der Waals surface area contributed by atoms with Gasteiger partial charge in [0, 0.05) is 83.7 Å². The molecule has 4 aromatic rings. The highest BCUT2D eigenvalue weighted by molar-refractivity contribution is 6.38. The van der Waals surface area contributed by atoms with Crippen LogP contribution in [0.3, 0.4) is 0 Å². The second-order valence-corrected chi connectivity index (χ2v) is 15.3. The Labute approximate surface area is 318 Å². The van der Waals surface area contributed by atoms with Gasteiger partial charge in [0.05, 0.1) is 30.0 Å². The molecule has 4 heterocycles. The molecule has 1 saturated carbocycles. The van der Waals surface area contributed by atoms with Crippen molar-refractivity contribution in [1.82, 2.24) is 20.2 Å². The van der Waals surface area contributed by atoms with E-state index in [-0.39, 0.29) is 29.9 Å². The van der Waals surface area contributed by atoms with Crippen molar-refractivity contribution in [1.29, 1.82) is 0 Å². The predicted molar refractivity (Wildman–Crippen MR) is 202 cm³/mol. The highest BCUT2D eigenvalue weighted by atomic mass is 35.5. The standard InChI is InChI=1S/C40H41Cl3N4O5/c1-50-37-24(6-3-8-27-13-15-34(49)44-27)18-32(41)39(46-37)52-21-26-7-4-9-29(35(26)42)30-10-5-11-31(36(30)43)33-14-12-25(38(45-33)51-2)20-47-22-40(23-47)17-16-28(48)19-40/h4-5,7,9-12,14,18,27H,3,6,8,13,15-17,19-23H2,1-2H3,(H,44,49)/t27-/m0/s1. The first kappa shape index (κ1) is 36.5. The number of nitrogens with one attached hydrogen (secondary N) is 1. The number of ketones is 1. The van der Waals surface area contributed by atoms with E-state index in [0.717, 1.165) is 72.2 Å². The molecule has 1 atom stereocenters. The molecular weight excluding hydrogens is 723 g/mol. The number of nitrogens with zero attached hydrogens (tertiary/aromatic N) is 3. The van der Waals surface area contributed by atoms with Gasteiger partial charge in [0.2, 0.25) is 23.5 Å². The summed E-state index contributed by atoms with van der Waals surface area (Å²) in [4.78, 5) is 35.1. The summed E-state index contributed by atoms with van der Waals surface area (Å²) in [5.74, 6) is 1.75. The first-order chi connectivity index (χ1) is 25.1. The molecule has 1 N–H and O–H groups in total. The van der Waals surface area contributed by atoms with Gasteiger partial charge in [-0.3, -0.25) is 14.5 Å². The van der Waals surface area contributed by atoms with Crippen LogP contribution in [-0.4, -0.2) is 59.9 Å². The van der Waals surface area contributed by atoms with E-state index in [1.807, 2.05) is 54.6 Å². The number of methoxy groups -OCH3 is 2. The van der Waals surface area contributed by atoms with E-state index in [1.165, 1.54) is 0 Å². The maximum absolute atomic E-state index is 11.9. The minimum absolute atomic E-state index is 0.118. The van der Waals surface area contributed by atoms with Gasteiger partial charge >= 0.3 is 0 Å². The SMILES string of the molecule is COc1nc(-c2cccc(-c3cccc(COc4nc(OC)c(CCC[C@H]5CCC(=O)N5)cc4Cl)c3Cl)c2Cl)ccc1CN1CC2(CCC(=O)C2)C1. The summed E-state index contributed by atoms with van der Waals surface area (Å²) in [5.41, 5.74) is 5.72. The van der Waals surface area contributed by atoms with E-state index >= 15 is 0 Å². The van der Waals surface area contributed by atoms with Crippen molar-refractivity contribution in [3.63, 3.8) is 0 Å². The average molecular weight is 764 g/mol. The molecule has 12 heteroatoms. The van der Waals surface area contributed by atoms with Crippen LogP contribution < -0.4 is 19.5 Å². The number of hydrogen-bond acceptors (Lipinski definition) is 8. The molecule has 0 bridgehead atoms. The lowest BCUT2D eigenvalue weighted by molar-refractivity contribution is -0.120. The molecule has 2 aromatic heterocycles. The molecule has 0 radical (unpaired) electrons. The van der Waals surface area contributed by atoms with Gasteiger partial charge in [0.1, 0.15) is 17.4 Å². The van der Waals surface area contributed by atoms with Gasteiger partial charge in [0.15, 0.2) is 0 Å². The maximum Gasteiger partial charge on any atom is 0.236 e. The summed E-state index contributed by atoms with van der Waals surface area (Å²) in [7, 11) is 3.20. The van der Waals surface area contributed by atoms with Crippen LogP contribution in [0.5, 0.6) is 17.6 Å². The van der Waals surface area contributed by atoms with E-state index in [4.69, 9.17) is 54.0 Å². The third-order valence-corrected chi connectivity index (χ3v) is 11.5. The molecule has 9 nitrogen and oxygen atoms in total. The van der Waals surface area contributed by atoms with Gasteiger partial charge in [-0.25, -0.2) is 4.98 Å². The Balaban J connectivity index is 1.04. The maximum atomic E-state index is 11.9. The van der Waals surface area contributed by atoms with Crippen LogP contribution in [0, 0.1) is 5.41 Å². The summed E-state index contributed by atoms with van der Waals surface area (Å²) in [6.07, 6.45) is 6.32. The van der Waals surface area contributed by atoms with Crippen molar-refractivity contribution in [3.8, 4) is 40.0 Å². The van der Waals surface area contributed by atoms with Gasteiger partial charge in [-0.2, -0.15) is 4.98 Å². The Morgan fingerprint density at radius 2 is 1.58 bits per heavy atom. The van der Waals surface area contributed by atoms with Gasteiger partial charge in [-0.1, -0.05) is 77.3 Å². The number of carbonyl (C=O) groups is 2. The Morgan fingerprint density at radius 1 is 0.846 bits per heavy atom. The number of likely N-dealkylation sites (tertiary alicyclic amines) is 1. The number of benzene rings is 2. The van der Waals surface area contributed by atoms with Crippen molar-refractivity contribution >= 4 is 46.5 Å². The Bertz CT molecular complexity index is 2000. The van der Waals surface area contributed by atoms with Crippen molar-refractivity contribution in [2.45, 2.75) is 70.6 Å². The fraction of sp³-hybridized carbons (Fsp3) is 0.400. The Kier molecular flexibility index (Phi) is 10.9. The Hall–Kier alpha value is -3.89. The van der Waals surface area contributed by atoms with E-state index in [2.05, 4.69) is 15.2 Å². The lowest BCUT2D eigenvalue weighted by Crippen LogP contribution is -2.54. The fourth-order valence-corrected chi connectivity index (χ4v) is 8.64. The third kappa shape index (κ3) is 7.74. The van der Waals surface area contributed by atoms with E-state index in [0.29, 0.717) is 70.5 Å². The minimum atomic E-state index is 0.118. The molecule has 2 saturated heterocycles. The molecule has 2 aromatic carbocycles. The lowest BCUT2D eigenvalue weighted by atomic mass is 9.78. The van der Waals surface area contributed by atoms with Crippen LogP contribution in [0.1, 0.15) is 61.6 Å². The molecule has 3 aliphatic rings. The normalized spacial score (nSPS) is 18.1. The van der Waals surface area contributed by atoms with Crippen LogP contribution in [0.15, 0.2) is 54.6 Å². The summed E-state index contributed by atoms with van der Waals surface area (Å²) < 4.78 is 17.4. The van der Waals surface area contributed by atoms with Gasteiger partial charge in [0.25, 0.3) is 0 Å². The van der Waals surface area contributed by atoms with Gasteiger partial charge < -0.3 is 19.5 Å². The fourth-order valence-electron chi connectivity index (χ4n) is 7.81. The number of aromatic nitrogens is 2. The number of carbonyl (C=O) groups excluding carboxylic acids is 2. The molecule has 3 fully saturated rings. The number of amides is 1. The molecule has 7 rings (SSSR count). The first-order valence-electron chi connectivity index (χ1n) is 17.7. The summed E-state index contributed by atoms with van der Waals surface area (Å²) in [6, 6.07) is 17.6. The molecule has 1 spiro atoms. The number of hydrogen-bond donors (Lipinski definition) is 1. The van der Waals surface area contributed by atoms with Crippen LogP contribution in [0.4, 0.5) is 0 Å². The summed E-state index contributed by atoms with van der Waals surface area (Å²) >= 11 is 20.7.